The van der Waals surface area contributed by atoms with Crippen LogP contribution in [-0.2, 0) is 11.2 Å². The Hall–Kier alpha value is -1.74. The number of aryl methyl sites for hydroxylation is 1. The molecule has 0 radical (unpaired) electrons. The maximum atomic E-state index is 11.5. The topological polar surface area (TPSA) is 124 Å². The highest BCUT2D eigenvalue weighted by Gasteiger charge is 2.30. The third-order valence-corrected chi connectivity index (χ3v) is 3.10. The van der Waals surface area contributed by atoms with Crippen LogP contribution in [-0.4, -0.2) is 44.6 Å². The summed E-state index contributed by atoms with van der Waals surface area (Å²) in [5.74, 6) is -1.41. The first-order chi connectivity index (χ1) is 8.85. The summed E-state index contributed by atoms with van der Waals surface area (Å²) in [5.41, 5.74) is -2.01. The number of aliphatic carboxylic acids is 1. The number of aliphatic hydroxyl groups is 1. The van der Waals surface area contributed by atoms with E-state index < -0.39 is 24.1 Å². The number of nitrogens with one attached hydrogen (secondary N) is 2. The lowest BCUT2D eigenvalue weighted by atomic mass is 10.1. The molecule has 1 atom stereocenters. The van der Waals surface area contributed by atoms with Crippen molar-refractivity contribution in [3.63, 3.8) is 0 Å². The van der Waals surface area contributed by atoms with Gasteiger partial charge in [-0.2, -0.15) is 0 Å². The molecule has 1 unspecified atom stereocenters. The Bertz CT molecular complexity index is 460. The van der Waals surface area contributed by atoms with Gasteiger partial charge >= 0.3 is 12.0 Å². The maximum absolute atomic E-state index is 11.5. The number of carboxylic acid groups (broad SMARTS) is 1. The summed E-state index contributed by atoms with van der Waals surface area (Å²) >= 11 is 1.25. The van der Waals surface area contributed by atoms with Crippen molar-refractivity contribution >= 4 is 28.5 Å². The lowest BCUT2D eigenvalue weighted by Gasteiger charge is -2.17. The van der Waals surface area contributed by atoms with E-state index in [-0.39, 0.29) is 0 Å². The minimum Gasteiger partial charge on any atom is -0.479 e. The Morgan fingerprint density at radius 1 is 1.42 bits per heavy atom. The van der Waals surface area contributed by atoms with Gasteiger partial charge in [0.05, 0.1) is 6.54 Å². The van der Waals surface area contributed by atoms with Crippen molar-refractivity contribution in [2.45, 2.75) is 32.3 Å². The highest BCUT2D eigenvalue weighted by Crippen LogP contribution is 2.16. The van der Waals surface area contributed by atoms with Gasteiger partial charge < -0.3 is 15.5 Å². The third-order valence-electron chi connectivity index (χ3n) is 2.21. The van der Waals surface area contributed by atoms with E-state index >= 15 is 0 Å². The highest BCUT2D eigenvalue weighted by atomic mass is 32.1. The summed E-state index contributed by atoms with van der Waals surface area (Å²) in [4.78, 5) is 22.1. The molecular formula is C10H16N4O4S. The van der Waals surface area contributed by atoms with Crippen molar-refractivity contribution in [2.75, 3.05) is 11.9 Å². The average Bonchev–Trinajstić information content (AvgIpc) is 2.74. The molecule has 1 heterocycles. The summed E-state index contributed by atoms with van der Waals surface area (Å²) in [6, 6.07) is -0.638. The second-order valence-corrected chi connectivity index (χ2v) is 5.20. The summed E-state index contributed by atoms with van der Waals surface area (Å²) in [6.45, 7) is 2.70. The van der Waals surface area contributed by atoms with Crippen LogP contribution >= 0.6 is 11.3 Å². The van der Waals surface area contributed by atoms with Crippen molar-refractivity contribution in [3.8, 4) is 0 Å². The van der Waals surface area contributed by atoms with Gasteiger partial charge in [-0.25, -0.2) is 9.59 Å². The van der Waals surface area contributed by atoms with Gasteiger partial charge in [0.1, 0.15) is 5.01 Å². The van der Waals surface area contributed by atoms with Crippen LogP contribution in [0.4, 0.5) is 9.93 Å². The molecule has 0 aliphatic heterocycles. The van der Waals surface area contributed by atoms with Crippen molar-refractivity contribution < 1.29 is 19.8 Å². The van der Waals surface area contributed by atoms with Gasteiger partial charge in [-0.15, -0.1) is 10.2 Å². The number of hydrogen-bond acceptors (Lipinski definition) is 6. The van der Waals surface area contributed by atoms with E-state index in [4.69, 9.17) is 5.11 Å². The van der Waals surface area contributed by atoms with Crippen LogP contribution in [0.5, 0.6) is 0 Å². The van der Waals surface area contributed by atoms with Crippen molar-refractivity contribution in [1.29, 1.82) is 0 Å². The zero-order valence-corrected chi connectivity index (χ0v) is 11.5. The number of aromatic nitrogens is 2. The van der Waals surface area contributed by atoms with Gasteiger partial charge in [0.15, 0.2) is 5.60 Å². The average molecular weight is 288 g/mol. The lowest BCUT2D eigenvalue weighted by molar-refractivity contribution is -0.155. The normalized spacial score (nSPS) is 13.6. The van der Waals surface area contributed by atoms with E-state index in [0.717, 1.165) is 24.8 Å². The molecule has 0 aliphatic carbocycles. The quantitative estimate of drug-likeness (QED) is 0.602. The van der Waals surface area contributed by atoms with E-state index in [2.05, 4.69) is 20.8 Å². The second kappa shape index (κ2) is 6.43. The molecule has 0 bridgehead atoms. The molecule has 0 aromatic carbocycles. The monoisotopic (exact) mass is 288 g/mol. The van der Waals surface area contributed by atoms with Crippen LogP contribution < -0.4 is 10.6 Å². The van der Waals surface area contributed by atoms with Gasteiger partial charge in [0, 0.05) is 6.42 Å². The Balaban J connectivity index is 2.44. The predicted molar refractivity (Wildman–Crippen MR) is 69.2 cm³/mol. The molecule has 106 valence electrons. The van der Waals surface area contributed by atoms with E-state index in [9.17, 15) is 14.7 Å². The number of rotatable bonds is 6. The summed E-state index contributed by atoms with van der Waals surface area (Å²) in [7, 11) is 0. The fourth-order valence-corrected chi connectivity index (χ4v) is 1.92. The molecule has 2 amide bonds. The van der Waals surface area contributed by atoms with E-state index in [1.165, 1.54) is 11.3 Å². The number of carboxylic acids is 1. The fraction of sp³-hybridized carbons (Fsp3) is 0.600. The van der Waals surface area contributed by atoms with Gasteiger partial charge in [0.25, 0.3) is 0 Å². The zero-order valence-electron chi connectivity index (χ0n) is 10.6. The van der Waals surface area contributed by atoms with E-state index in [1.54, 1.807) is 0 Å². The molecule has 4 N–H and O–H groups in total. The number of urea groups is 1. The van der Waals surface area contributed by atoms with Crippen molar-refractivity contribution in [3.05, 3.63) is 5.01 Å². The van der Waals surface area contributed by atoms with Gasteiger partial charge in [-0.3, -0.25) is 5.32 Å². The lowest BCUT2D eigenvalue weighted by Crippen LogP contribution is -2.47. The number of nitrogens with zero attached hydrogens (tertiary/aromatic N) is 2. The Kier molecular flexibility index (Phi) is 5.19. The minimum atomic E-state index is -2.01. The standard InChI is InChI=1S/C10H16N4O4S/c1-3-4-6-13-14-9(19-6)12-8(17)11-5-10(2,18)7(15)16/h18H,3-5H2,1-2H3,(H,15,16)(H2,11,12,14,17). The highest BCUT2D eigenvalue weighted by molar-refractivity contribution is 7.15. The molecule has 0 saturated carbocycles. The molecule has 9 heteroatoms. The SMILES string of the molecule is CCCc1nnc(NC(=O)NCC(C)(O)C(=O)O)s1. The van der Waals surface area contributed by atoms with E-state index in [0.29, 0.717) is 5.13 Å². The summed E-state index contributed by atoms with van der Waals surface area (Å²) < 4.78 is 0. The Morgan fingerprint density at radius 2 is 2.11 bits per heavy atom. The van der Waals surface area contributed by atoms with Crippen LogP contribution in [0.15, 0.2) is 0 Å². The van der Waals surface area contributed by atoms with Crippen LogP contribution in [0.25, 0.3) is 0 Å². The third kappa shape index (κ3) is 4.79. The molecular weight excluding hydrogens is 272 g/mol. The predicted octanol–water partition coefficient (Wildman–Crippen LogP) is 0.448. The molecule has 0 aliphatic rings. The first-order valence-electron chi connectivity index (χ1n) is 5.68. The van der Waals surface area contributed by atoms with Gasteiger partial charge in [0.2, 0.25) is 5.13 Å². The zero-order chi connectivity index (χ0) is 14.5. The smallest absolute Gasteiger partial charge is 0.337 e. The molecule has 8 nitrogen and oxygen atoms in total. The Morgan fingerprint density at radius 3 is 2.68 bits per heavy atom. The second-order valence-electron chi connectivity index (χ2n) is 4.14. The Labute approximate surface area is 113 Å². The van der Waals surface area contributed by atoms with Gasteiger partial charge in [-0.1, -0.05) is 18.3 Å². The minimum absolute atomic E-state index is 0.330. The first-order valence-corrected chi connectivity index (χ1v) is 6.50. The number of amides is 2. The van der Waals surface area contributed by atoms with Crippen LogP contribution in [0.1, 0.15) is 25.3 Å². The van der Waals surface area contributed by atoms with Gasteiger partial charge in [-0.05, 0) is 13.3 Å². The molecule has 0 spiro atoms. The fourth-order valence-electron chi connectivity index (χ4n) is 1.09. The van der Waals surface area contributed by atoms with Crippen LogP contribution in [0, 0.1) is 0 Å². The molecule has 1 rings (SSSR count). The number of carbonyl (C=O) groups is 2. The molecule has 1 aromatic rings. The summed E-state index contributed by atoms with van der Waals surface area (Å²) in [5, 5.41) is 31.5. The van der Waals surface area contributed by atoms with Crippen molar-refractivity contribution in [2.24, 2.45) is 0 Å². The van der Waals surface area contributed by atoms with Crippen LogP contribution in [0.3, 0.4) is 0 Å². The van der Waals surface area contributed by atoms with E-state index in [1.807, 2.05) is 6.92 Å². The molecule has 19 heavy (non-hydrogen) atoms. The molecule has 0 fully saturated rings. The number of carbonyl (C=O) groups excluding carboxylic acids is 1. The largest absolute Gasteiger partial charge is 0.479 e. The van der Waals surface area contributed by atoms with Crippen LogP contribution in [0.2, 0.25) is 0 Å². The number of hydrogen-bond donors (Lipinski definition) is 4. The summed E-state index contributed by atoms with van der Waals surface area (Å²) in [6.07, 6.45) is 1.72. The molecule has 1 aromatic heterocycles. The first kappa shape index (κ1) is 15.3. The maximum Gasteiger partial charge on any atom is 0.337 e. The van der Waals surface area contributed by atoms with Crippen molar-refractivity contribution in [1.82, 2.24) is 15.5 Å². The molecule has 0 saturated heterocycles. The number of anilines is 1.